The molecule has 1 aliphatic heterocycles. The van der Waals surface area contributed by atoms with Gasteiger partial charge in [0.15, 0.2) is 11.5 Å². The maximum absolute atomic E-state index is 12.1. The van der Waals surface area contributed by atoms with Crippen molar-refractivity contribution in [3.05, 3.63) is 11.9 Å². The number of methoxy groups -OCH3 is 1. The van der Waals surface area contributed by atoms with Crippen molar-refractivity contribution in [1.29, 1.82) is 0 Å². The highest BCUT2D eigenvalue weighted by Gasteiger charge is 2.23. The van der Waals surface area contributed by atoms with Crippen LogP contribution in [0.25, 0.3) is 0 Å². The van der Waals surface area contributed by atoms with Gasteiger partial charge in [-0.1, -0.05) is 0 Å². The monoisotopic (exact) mass is 223 g/mol. The van der Waals surface area contributed by atoms with E-state index in [2.05, 4.69) is 10.4 Å². The van der Waals surface area contributed by atoms with Crippen LogP contribution in [0.5, 0.6) is 5.75 Å². The molecule has 0 radical (unpaired) electrons. The summed E-state index contributed by atoms with van der Waals surface area (Å²) in [5.41, 5.74) is 0.578. The third-order valence-corrected chi connectivity index (χ3v) is 3.03. The van der Waals surface area contributed by atoms with Gasteiger partial charge in [0.1, 0.15) is 5.69 Å². The maximum Gasteiger partial charge on any atom is 0.184 e. The lowest BCUT2D eigenvalue weighted by atomic mass is 10.00. The van der Waals surface area contributed by atoms with Crippen molar-refractivity contribution in [3.63, 3.8) is 0 Å². The van der Waals surface area contributed by atoms with Crippen molar-refractivity contribution in [2.75, 3.05) is 20.2 Å². The number of ether oxygens (including phenoxy) is 1. The van der Waals surface area contributed by atoms with Crippen molar-refractivity contribution in [2.24, 2.45) is 13.0 Å². The van der Waals surface area contributed by atoms with E-state index < -0.39 is 0 Å². The largest absolute Gasteiger partial charge is 0.493 e. The summed E-state index contributed by atoms with van der Waals surface area (Å²) in [4.78, 5) is 12.1. The molecule has 5 heteroatoms. The predicted molar refractivity (Wildman–Crippen MR) is 59.7 cm³/mol. The molecule has 0 spiro atoms. The highest BCUT2D eigenvalue weighted by molar-refractivity contribution is 5.97. The van der Waals surface area contributed by atoms with Crippen LogP contribution in [0.15, 0.2) is 6.20 Å². The van der Waals surface area contributed by atoms with Crippen LogP contribution in [0.2, 0.25) is 0 Å². The summed E-state index contributed by atoms with van der Waals surface area (Å²) >= 11 is 0. The lowest BCUT2D eigenvalue weighted by molar-refractivity contribution is 0.0952. The van der Waals surface area contributed by atoms with Gasteiger partial charge in [0, 0.05) is 13.5 Å². The van der Waals surface area contributed by atoms with Gasteiger partial charge in [0.2, 0.25) is 0 Å². The Kier molecular flexibility index (Phi) is 3.24. The van der Waals surface area contributed by atoms with Gasteiger partial charge in [0.25, 0.3) is 0 Å². The molecule has 0 aromatic carbocycles. The first-order valence-corrected chi connectivity index (χ1v) is 5.52. The molecule has 0 amide bonds. The van der Waals surface area contributed by atoms with E-state index >= 15 is 0 Å². The van der Waals surface area contributed by atoms with E-state index in [1.54, 1.807) is 25.0 Å². The van der Waals surface area contributed by atoms with Crippen LogP contribution >= 0.6 is 0 Å². The van der Waals surface area contributed by atoms with E-state index in [0.29, 0.717) is 23.8 Å². The molecule has 1 unspecified atom stereocenters. The normalized spacial score (nSPS) is 20.0. The zero-order valence-electron chi connectivity index (χ0n) is 9.69. The summed E-state index contributed by atoms with van der Waals surface area (Å²) < 4.78 is 6.72. The quantitative estimate of drug-likeness (QED) is 0.760. The number of rotatable bonds is 4. The Morgan fingerprint density at radius 2 is 2.56 bits per heavy atom. The van der Waals surface area contributed by atoms with Crippen molar-refractivity contribution in [3.8, 4) is 5.75 Å². The standard InChI is InChI=1S/C11H17N3O2/c1-14-11(10(16-2)7-13-14)9(15)5-8-3-4-12-6-8/h7-8,12H,3-6H2,1-2H3. The minimum absolute atomic E-state index is 0.116. The first-order valence-electron chi connectivity index (χ1n) is 5.52. The molecule has 0 saturated carbocycles. The molecule has 5 nitrogen and oxygen atoms in total. The van der Waals surface area contributed by atoms with E-state index in [1.165, 1.54) is 0 Å². The van der Waals surface area contributed by atoms with Gasteiger partial charge in [-0.05, 0) is 25.4 Å². The molecule has 1 saturated heterocycles. The van der Waals surface area contributed by atoms with Gasteiger partial charge < -0.3 is 10.1 Å². The van der Waals surface area contributed by atoms with Crippen LogP contribution in [0.3, 0.4) is 0 Å². The first kappa shape index (κ1) is 11.1. The van der Waals surface area contributed by atoms with Crippen LogP contribution in [0, 0.1) is 5.92 Å². The molecule has 1 atom stereocenters. The second-order valence-electron chi connectivity index (χ2n) is 4.17. The fraction of sp³-hybridized carbons (Fsp3) is 0.636. The molecule has 2 heterocycles. The minimum Gasteiger partial charge on any atom is -0.493 e. The van der Waals surface area contributed by atoms with Crippen LogP contribution in [0.4, 0.5) is 0 Å². The Hall–Kier alpha value is -1.36. The van der Waals surface area contributed by atoms with E-state index in [0.717, 1.165) is 19.5 Å². The molecule has 1 aliphatic rings. The SMILES string of the molecule is COc1cnn(C)c1C(=O)CC1CCNC1. The molecule has 16 heavy (non-hydrogen) atoms. The molecule has 0 aliphatic carbocycles. The second kappa shape index (κ2) is 4.65. The Morgan fingerprint density at radius 3 is 3.19 bits per heavy atom. The van der Waals surface area contributed by atoms with E-state index in [9.17, 15) is 4.79 Å². The summed E-state index contributed by atoms with van der Waals surface area (Å²) in [6.07, 6.45) is 3.23. The summed E-state index contributed by atoms with van der Waals surface area (Å²) in [7, 11) is 3.33. The minimum atomic E-state index is 0.116. The number of Topliss-reactive ketones (excluding diaryl/α,β-unsaturated/α-hetero) is 1. The second-order valence-corrected chi connectivity index (χ2v) is 4.17. The van der Waals surface area contributed by atoms with Crippen molar-refractivity contribution in [1.82, 2.24) is 15.1 Å². The van der Waals surface area contributed by atoms with Crippen LogP contribution in [-0.4, -0.2) is 35.8 Å². The Morgan fingerprint density at radius 1 is 1.75 bits per heavy atom. The molecule has 1 aromatic rings. The topological polar surface area (TPSA) is 56.2 Å². The lowest BCUT2D eigenvalue weighted by Gasteiger charge is -2.08. The molecule has 2 rings (SSSR count). The third kappa shape index (κ3) is 2.09. The van der Waals surface area contributed by atoms with Crippen molar-refractivity contribution >= 4 is 5.78 Å². The number of hydrogen-bond acceptors (Lipinski definition) is 4. The Labute approximate surface area is 94.8 Å². The predicted octanol–water partition coefficient (Wildman–Crippen LogP) is 0.611. The molecule has 1 fully saturated rings. The highest BCUT2D eigenvalue weighted by Crippen LogP contribution is 2.22. The number of aryl methyl sites for hydroxylation is 1. The van der Waals surface area contributed by atoms with Crippen LogP contribution in [-0.2, 0) is 7.05 Å². The van der Waals surface area contributed by atoms with Crippen molar-refractivity contribution in [2.45, 2.75) is 12.8 Å². The average Bonchev–Trinajstić information content (AvgIpc) is 2.87. The third-order valence-electron chi connectivity index (χ3n) is 3.03. The summed E-state index contributed by atoms with van der Waals surface area (Å²) in [6.45, 7) is 1.95. The number of carbonyl (C=O) groups is 1. The molecular formula is C11H17N3O2. The number of aromatic nitrogens is 2. The average molecular weight is 223 g/mol. The smallest absolute Gasteiger partial charge is 0.184 e. The summed E-state index contributed by atoms with van der Waals surface area (Å²) in [5, 5.41) is 7.30. The first-order chi connectivity index (χ1) is 7.72. The molecule has 1 N–H and O–H groups in total. The molecule has 88 valence electrons. The lowest BCUT2D eigenvalue weighted by Crippen LogP contribution is -2.15. The number of carbonyl (C=O) groups excluding carboxylic acids is 1. The summed E-state index contributed by atoms with van der Waals surface area (Å²) in [6, 6.07) is 0. The van der Waals surface area contributed by atoms with Crippen LogP contribution < -0.4 is 10.1 Å². The molecule has 0 bridgehead atoms. The number of hydrogen-bond donors (Lipinski definition) is 1. The van der Waals surface area contributed by atoms with E-state index in [1.807, 2.05) is 0 Å². The fourth-order valence-corrected chi connectivity index (χ4v) is 2.13. The Balaban J connectivity index is 2.10. The van der Waals surface area contributed by atoms with Gasteiger partial charge >= 0.3 is 0 Å². The number of nitrogens with zero attached hydrogens (tertiary/aromatic N) is 2. The molecule has 1 aromatic heterocycles. The van der Waals surface area contributed by atoms with Gasteiger partial charge in [-0.25, -0.2) is 0 Å². The van der Waals surface area contributed by atoms with Crippen molar-refractivity contribution < 1.29 is 9.53 Å². The Bertz CT molecular complexity index is 381. The van der Waals surface area contributed by atoms with Crippen LogP contribution in [0.1, 0.15) is 23.3 Å². The maximum atomic E-state index is 12.1. The molecular weight excluding hydrogens is 206 g/mol. The summed E-state index contributed by atoms with van der Waals surface area (Å²) in [5.74, 6) is 1.14. The number of nitrogens with one attached hydrogen (secondary N) is 1. The number of ketones is 1. The fourth-order valence-electron chi connectivity index (χ4n) is 2.13. The zero-order valence-corrected chi connectivity index (χ0v) is 9.69. The van der Waals surface area contributed by atoms with Gasteiger partial charge in [0.05, 0.1) is 13.3 Å². The van der Waals surface area contributed by atoms with E-state index in [4.69, 9.17) is 4.74 Å². The van der Waals surface area contributed by atoms with Gasteiger partial charge in [-0.2, -0.15) is 5.10 Å². The van der Waals surface area contributed by atoms with Gasteiger partial charge in [-0.3, -0.25) is 9.48 Å². The van der Waals surface area contributed by atoms with Gasteiger partial charge in [-0.15, -0.1) is 0 Å². The highest BCUT2D eigenvalue weighted by atomic mass is 16.5. The van der Waals surface area contributed by atoms with E-state index in [-0.39, 0.29) is 5.78 Å². The zero-order chi connectivity index (χ0) is 11.5.